The molecule has 7 heteroatoms. The number of nitrogens with zero attached hydrogens (tertiary/aromatic N) is 3. The number of nitrogens with one attached hydrogen (secondary N) is 2. The Hall–Kier alpha value is -2.43. The van der Waals surface area contributed by atoms with Crippen LogP contribution in [0.4, 0.5) is 15.9 Å². The Kier molecular flexibility index (Phi) is 8.05. The molecule has 0 atom stereocenters. The van der Waals surface area contributed by atoms with Crippen LogP contribution in [0.15, 0.2) is 36.4 Å². The van der Waals surface area contributed by atoms with Gasteiger partial charge in [0, 0.05) is 29.8 Å². The molecule has 1 fully saturated rings. The van der Waals surface area contributed by atoms with E-state index in [4.69, 9.17) is 5.41 Å². The molecule has 0 aliphatic carbocycles. The number of anilines is 2. The average Bonchev–Trinajstić information content (AvgIpc) is 2.68. The van der Waals surface area contributed by atoms with Crippen molar-refractivity contribution in [2.45, 2.75) is 33.1 Å². The number of halogens is 1. The van der Waals surface area contributed by atoms with Crippen LogP contribution in [-0.2, 0) is 6.42 Å². The quantitative estimate of drug-likeness (QED) is 0.359. The topological polar surface area (TPSA) is 64.9 Å². The molecule has 2 N–H and O–H groups in total. The van der Waals surface area contributed by atoms with Crippen molar-refractivity contribution in [3.05, 3.63) is 59.2 Å². The molecule has 31 heavy (non-hydrogen) atoms. The summed E-state index contributed by atoms with van der Waals surface area (Å²) < 4.78 is 15.9. The minimum atomic E-state index is -0.309. The van der Waals surface area contributed by atoms with Gasteiger partial charge in [-0.3, -0.25) is 4.67 Å². The lowest BCUT2D eigenvalue weighted by molar-refractivity contribution is 0.629. The molecule has 4 rings (SSSR count). The lowest BCUT2D eigenvalue weighted by Gasteiger charge is -2.31. The molecule has 0 amide bonds. The van der Waals surface area contributed by atoms with E-state index in [1.165, 1.54) is 37.1 Å². The molecule has 1 aliphatic rings. The maximum atomic E-state index is 13.6. The first-order chi connectivity index (χ1) is 14.9. The van der Waals surface area contributed by atoms with Crippen LogP contribution >= 0.6 is 8.07 Å². The molecule has 2 aromatic carbocycles. The Morgan fingerprint density at radius 2 is 1.97 bits per heavy atom. The summed E-state index contributed by atoms with van der Waals surface area (Å²) in [4.78, 5) is 9.07. The normalized spacial score (nSPS) is 13.5. The molecule has 1 aliphatic heterocycles. The number of hydrogen-bond donors (Lipinski definition) is 2. The third-order valence-corrected chi connectivity index (χ3v) is 8.16. The van der Waals surface area contributed by atoms with Crippen molar-refractivity contribution in [2.24, 2.45) is 0 Å². The predicted octanol–water partition coefficient (Wildman–Crippen LogP) is 6.12. The third-order valence-electron chi connectivity index (χ3n) is 5.36. The van der Waals surface area contributed by atoms with E-state index in [9.17, 15) is 4.39 Å². The first-order valence-corrected chi connectivity index (χ1v) is 12.3. The number of benzene rings is 2. The summed E-state index contributed by atoms with van der Waals surface area (Å²) in [5.74, 6) is 1.05. The van der Waals surface area contributed by atoms with Crippen LogP contribution in [0.1, 0.15) is 36.7 Å². The highest BCUT2D eigenvalue weighted by Crippen LogP contribution is 2.47. The highest BCUT2D eigenvalue weighted by molar-refractivity contribution is 7.56. The summed E-state index contributed by atoms with van der Waals surface area (Å²) in [7, 11) is 4.75. The van der Waals surface area contributed by atoms with Gasteiger partial charge in [-0.25, -0.2) is 14.4 Å². The second-order valence-electron chi connectivity index (χ2n) is 7.84. The Bertz CT molecular complexity index is 1050. The standard InChI is InChI=1S/C19H19FN4.C5H12NP/c1-3-5-18-22-17-10-14(20)8-9-15(17)19(24-18)23-16-7-4-6-13(11-21)12(16)2;1-6(2)7-4-3-5-7/h4,6-11,21H,3,5H2,1-2H3,(H,22,23,24);3-5H2,1-2H3. The largest absolute Gasteiger partial charge is 0.339 e. The van der Waals surface area contributed by atoms with Crippen molar-refractivity contribution in [1.29, 1.82) is 5.41 Å². The Morgan fingerprint density at radius 1 is 1.19 bits per heavy atom. The van der Waals surface area contributed by atoms with Gasteiger partial charge in [0.2, 0.25) is 0 Å². The van der Waals surface area contributed by atoms with Crippen molar-refractivity contribution in [3.8, 4) is 0 Å². The predicted molar refractivity (Wildman–Crippen MR) is 131 cm³/mol. The summed E-state index contributed by atoms with van der Waals surface area (Å²) in [6.45, 7) is 4.02. The van der Waals surface area contributed by atoms with Gasteiger partial charge in [-0.2, -0.15) is 0 Å². The summed E-state index contributed by atoms with van der Waals surface area (Å²) in [6.07, 6.45) is 7.44. The monoisotopic (exact) mass is 439 g/mol. The zero-order valence-electron chi connectivity index (χ0n) is 18.7. The highest BCUT2D eigenvalue weighted by atomic mass is 31.1. The highest BCUT2D eigenvalue weighted by Gasteiger charge is 2.17. The summed E-state index contributed by atoms with van der Waals surface area (Å²) in [6, 6.07) is 10.3. The summed E-state index contributed by atoms with van der Waals surface area (Å²) >= 11 is 0. The molecule has 0 saturated carbocycles. The smallest absolute Gasteiger partial charge is 0.142 e. The van der Waals surface area contributed by atoms with Crippen LogP contribution in [0.25, 0.3) is 10.9 Å². The SMILES string of the molecule is CCCc1nc(Nc2cccc(C=N)c2C)c2ccc(F)cc2n1.CN(C)P1CCC1. The van der Waals surface area contributed by atoms with E-state index in [0.717, 1.165) is 35.0 Å². The molecule has 1 aromatic heterocycles. The van der Waals surface area contributed by atoms with Crippen LogP contribution in [0.3, 0.4) is 0 Å². The summed E-state index contributed by atoms with van der Waals surface area (Å²) in [5.41, 5.74) is 3.29. The van der Waals surface area contributed by atoms with E-state index in [1.807, 2.05) is 25.1 Å². The summed E-state index contributed by atoms with van der Waals surface area (Å²) in [5, 5.41) is 11.6. The first kappa shape index (κ1) is 23.2. The van der Waals surface area contributed by atoms with E-state index in [-0.39, 0.29) is 5.82 Å². The van der Waals surface area contributed by atoms with Crippen molar-refractivity contribution in [1.82, 2.24) is 14.6 Å². The van der Waals surface area contributed by atoms with Crippen molar-refractivity contribution in [2.75, 3.05) is 31.7 Å². The lowest BCUT2D eigenvalue weighted by atomic mass is 10.1. The fourth-order valence-electron chi connectivity index (χ4n) is 3.35. The lowest BCUT2D eigenvalue weighted by Crippen LogP contribution is -2.17. The molecular formula is C24H31FN5P. The minimum Gasteiger partial charge on any atom is -0.339 e. The van der Waals surface area contributed by atoms with E-state index in [0.29, 0.717) is 25.2 Å². The van der Waals surface area contributed by atoms with Crippen LogP contribution < -0.4 is 5.32 Å². The fourth-order valence-corrected chi connectivity index (χ4v) is 4.75. The van der Waals surface area contributed by atoms with Gasteiger partial charge in [-0.05, 0) is 83.6 Å². The molecular weight excluding hydrogens is 408 g/mol. The van der Waals surface area contributed by atoms with E-state index >= 15 is 0 Å². The van der Waals surface area contributed by atoms with Crippen LogP contribution in [0, 0.1) is 18.2 Å². The molecule has 164 valence electrons. The second kappa shape index (κ2) is 10.7. The van der Waals surface area contributed by atoms with Gasteiger partial charge in [0.15, 0.2) is 0 Å². The van der Waals surface area contributed by atoms with Gasteiger partial charge in [-0.1, -0.05) is 19.1 Å². The fraction of sp³-hybridized carbons (Fsp3) is 0.375. The Labute approximate surface area is 185 Å². The third kappa shape index (κ3) is 5.84. The number of fused-ring (bicyclic) bond motifs is 1. The number of aryl methyl sites for hydroxylation is 1. The maximum Gasteiger partial charge on any atom is 0.142 e. The molecule has 2 heterocycles. The van der Waals surface area contributed by atoms with Crippen LogP contribution in [-0.4, -0.2) is 47.3 Å². The van der Waals surface area contributed by atoms with Crippen LogP contribution in [0.5, 0.6) is 0 Å². The van der Waals surface area contributed by atoms with Gasteiger partial charge >= 0.3 is 0 Å². The molecule has 0 spiro atoms. The Morgan fingerprint density at radius 3 is 2.55 bits per heavy atom. The minimum absolute atomic E-state index is 0.309. The first-order valence-electron chi connectivity index (χ1n) is 10.7. The number of rotatable bonds is 6. The maximum absolute atomic E-state index is 13.6. The molecule has 0 bridgehead atoms. The average molecular weight is 440 g/mol. The molecule has 1 saturated heterocycles. The van der Waals surface area contributed by atoms with E-state index < -0.39 is 0 Å². The van der Waals surface area contributed by atoms with Gasteiger partial charge < -0.3 is 10.7 Å². The van der Waals surface area contributed by atoms with Crippen molar-refractivity contribution < 1.29 is 4.39 Å². The zero-order chi connectivity index (χ0) is 22.4. The molecule has 0 radical (unpaired) electrons. The molecule has 0 unspecified atom stereocenters. The van der Waals surface area contributed by atoms with Gasteiger partial charge in [-0.15, -0.1) is 0 Å². The number of aromatic nitrogens is 2. The van der Waals surface area contributed by atoms with Gasteiger partial charge in [0.05, 0.1) is 5.52 Å². The molecule has 3 aromatic rings. The molecule has 5 nitrogen and oxygen atoms in total. The Balaban J connectivity index is 0.000000330. The van der Waals surface area contributed by atoms with Gasteiger partial charge in [0.25, 0.3) is 0 Å². The van der Waals surface area contributed by atoms with E-state index in [1.54, 1.807) is 6.07 Å². The van der Waals surface area contributed by atoms with E-state index in [2.05, 4.69) is 41.0 Å². The number of hydrogen-bond acceptors (Lipinski definition) is 5. The van der Waals surface area contributed by atoms with Gasteiger partial charge in [0.1, 0.15) is 17.5 Å². The van der Waals surface area contributed by atoms with Crippen LogP contribution in [0.2, 0.25) is 0 Å². The van der Waals surface area contributed by atoms with Crippen molar-refractivity contribution >= 4 is 36.7 Å². The second-order valence-corrected chi connectivity index (χ2v) is 10.6. The zero-order valence-corrected chi connectivity index (χ0v) is 19.6. The van der Waals surface area contributed by atoms with Crippen molar-refractivity contribution in [3.63, 3.8) is 0 Å².